The highest BCUT2D eigenvalue weighted by atomic mass is 17.0. The van der Waals surface area contributed by atoms with Crippen LogP contribution >= 0.6 is 0 Å². The topological polar surface area (TPSA) is 95.7 Å². The molecule has 0 aromatic heterocycles. The quantitative estimate of drug-likeness (QED) is 0.265. The molecule has 7 nitrogen and oxygen atoms in total. The Hall–Kier alpha value is -1.92. The van der Waals surface area contributed by atoms with Gasteiger partial charge in [-0.15, -0.1) is 10.1 Å². The van der Waals surface area contributed by atoms with Crippen LogP contribution in [-0.2, 0) is 19.2 Å². The van der Waals surface area contributed by atoms with Gasteiger partial charge in [-0.05, 0) is 0 Å². The third-order valence-electron chi connectivity index (χ3n) is 1.07. The zero-order chi connectivity index (χ0) is 11.0. The predicted molar refractivity (Wildman–Crippen MR) is 43.5 cm³/mol. The van der Waals surface area contributed by atoms with Crippen molar-refractivity contribution in [1.29, 1.82) is 0 Å². The van der Waals surface area contributed by atoms with Crippen molar-refractivity contribution in [3.05, 3.63) is 22.8 Å². The molecule has 0 aliphatic carbocycles. The number of esters is 1. The van der Waals surface area contributed by atoms with Crippen LogP contribution in [0.2, 0.25) is 0 Å². The molecule has 0 amide bonds. The van der Waals surface area contributed by atoms with Gasteiger partial charge in [0.25, 0.3) is 0 Å². The molecule has 0 saturated heterocycles. The van der Waals surface area contributed by atoms with Gasteiger partial charge < -0.3 is 4.74 Å². The van der Waals surface area contributed by atoms with Gasteiger partial charge in [0.1, 0.15) is 6.61 Å². The molecule has 0 unspecified atom stereocenters. The number of hydrogen-bond acceptors (Lipinski definition) is 6. The van der Waals surface area contributed by atoms with Crippen molar-refractivity contribution in [2.75, 3.05) is 6.61 Å². The maximum Gasteiger partial charge on any atom is 0.306 e. The van der Waals surface area contributed by atoms with Gasteiger partial charge in [-0.1, -0.05) is 12.7 Å². The van der Waals surface area contributed by atoms with Crippen molar-refractivity contribution in [1.82, 2.24) is 0 Å². The molecule has 0 aromatic rings. The Morgan fingerprint density at radius 2 is 1.93 bits per heavy atom. The molecular formula is C7H9NO6. The normalized spacial score (nSPS) is 8.86. The second kappa shape index (κ2) is 6.58. The standard InChI is InChI=1S/C7H9NO6/c1-2-5-13-6(9)3-4-7(10)14-8(11)12/h2H,1,3-5H2. The van der Waals surface area contributed by atoms with E-state index in [1.54, 1.807) is 0 Å². The van der Waals surface area contributed by atoms with Gasteiger partial charge in [-0.25, -0.2) is 4.84 Å². The summed E-state index contributed by atoms with van der Waals surface area (Å²) in [5.41, 5.74) is 0. The highest BCUT2D eigenvalue weighted by molar-refractivity contribution is 5.77. The number of carbonyl (C=O) groups excluding carboxylic acids is 2. The van der Waals surface area contributed by atoms with Crippen LogP contribution in [0.5, 0.6) is 0 Å². The Bertz CT molecular complexity index is 249. The summed E-state index contributed by atoms with van der Waals surface area (Å²) in [5.74, 6) is -1.71. The molecule has 0 bridgehead atoms. The van der Waals surface area contributed by atoms with Crippen molar-refractivity contribution in [3.63, 3.8) is 0 Å². The molecule has 7 heteroatoms. The van der Waals surface area contributed by atoms with Crippen LogP contribution in [0, 0.1) is 10.1 Å². The summed E-state index contributed by atoms with van der Waals surface area (Å²) < 4.78 is 4.51. The lowest BCUT2D eigenvalue weighted by atomic mass is 10.3. The van der Waals surface area contributed by atoms with Gasteiger partial charge >= 0.3 is 17.0 Å². The first-order valence-corrected chi connectivity index (χ1v) is 3.68. The van der Waals surface area contributed by atoms with E-state index in [1.165, 1.54) is 6.08 Å². The predicted octanol–water partition coefficient (Wildman–Crippen LogP) is 0.231. The summed E-state index contributed by atoms with van der Waals surface area (Å²) in [5, 5.41) is 8.43. The lowest BCUT2D eigenvalue weighted by molar-refractivity contribution is -0.729. The number of carbonyl (C=O) groups is 2. The average Bonchev–Trinajstić information content (AvgIpc) is 2.10. The molecule has 0 heterocycles. The van der Waals surface area contributed by atoms with Gasteiger partial charge in [0.05, 0.1) is 6.42 Å². The van der Waals surface area contributed by atoms with Crippen LogP contribution in [0.3, 0.4) is 0 Å². The van der Waals surface area contributed by atoms with Crippen molar-refractivity contribution in [3.8, 4) is 0 Å². The van der Waals surface area contributed by atoms with E-state index < -0.39 is 17.0 Å². The maximum absolute atomic E-state index is 10.7. The van der Waals surface area contributed by atoms with Crippen LogP contribution in [0.4, 0.5) is 0 Å². The fraction of sp³-hybridized carbons (Fsp3) is 0.429. The first-order chi connectivity index (χ1) is 6.56. The molecule has 0 atom stereocenters. The van der Waals surface area contributed by atoms with E-state index in [2.05, 4.69) is 16.2 Å². The van der Waals surface area contributed by atoms with Crippen molar-refractivity contribution < 1.29 is 24.3 Å². The molecule has 0 aromatic carbocycles. The third-order valence-corrected chi connectivity index (χ3v) is 1.07. The highest BCUT2D eigenvalue weighted by Gasteiger charge is 2.10. The molecule has 0 rings (SSSR count). The van der Waals surface area contributed by atoms with Gasteiger partial charge in [-0.2, -0.15) is 0 Å². The summed E-state index contributed by atoms with van der Waals surface area (Å²) in [6.07, 6.45) is 0.741. The lowest BCUT2D eigenvalue weighted by Gasteiger charge is -1.99. The molecule has 0 aliphatic heterocycles. The second-order valence-corrected chi connectivity index (χ2v) is 2.16. The third kappa shape index (κ3) is 6.77. The van der Waals surface area contributed by atoms with E-state index in [0.717, 1.165) is 0 Å². The SMILES string of the molecule is C=CCOC(=O)CCC(=O)O[N+](=O)[O-]. The number of hydrogen-bond donors (Lipinski definition) is 0. The Morgan fingerprint density at radius 1 is 1.36 bits per heavy atom. The minimum absolute atomic E-state index is 0.0448. The zero-order valence-electron chi connectivity index (χ0n) is 7.30. The van der Waals surface area contributed by atoms with E-state index in [-0.39, 0.29) is 19.4 Å². The molecule has 0 radical (unpaired) electrons. The Balaban J connectivity index is 3.60. The van der Waals surface area contributed by atoms with Crippen LogP contribution < -0.4 is 0 Å². The molecule has 0 aliphatic rings. The smallest absolute Gasteiger partial charge is 0.306 e. The summed E-state index contributed by atoms with van der Waals surface area (Å²) in [6.45, 7) is 3.35. The van der Waals surface area contributed by atoms with Gasteiger partial charge in [0.2, 0.25) is 0 Å². The van der Waals surface area contributed by atoms with Crippen LogP contribution in [0.25, 0.3) is 0 Å². The van der Waals surface area contributed by atoms with E-state index in [1.807, 2.05) is 0 Å². The highest BCUT2D eigenvalue weighted by Crippen LogP contribution is 1.95. The average molecular weight is 203 g/mol. The molecular weight excluding hydrogens is 194 g/mol. The van der Waals surface area contributed by atoms with Crippen LogP contribution in [0.1, 0.15) is 12.8 Å². The van der Waals surface area contributed by atoms with E-state index in [0.29, 0.717) is 0 Å². The summed E-state index contributed by atoms with van der Waals surface area (Å²) >= 11 is 0. The summed E-state index contributed by atoms with van der Waals surface area (Å²) in [7, 11) is 0. The van der Waals surface area contributed by atoms with Crippen molar-refractivity contribution >= 4 is 11.9 Å². The Morgan fingerprint density at radius 3 is 2.43 bits per heavy atom. The summed E-state index contributed by atoms with van der Waals surface area (Å²) in [6, 6.07) is 0. The Kier molecular flexibility index (Phi) is 5.68. The molecule has 0 saturated carbocycles. The van der Waals surface area contributed by atoms with Crippen LogP contribution in [0.15, 0.2) is 12.7 Å². The van der Waals surface area contributed by atoms with E-state index >= 15 is 0 Å². The zero-order valence-corrected chi connectivity index (χ0v) is 7.30. The molecule has 14 heavy (non-hydrogen) atoms. The number of nitrogens with zero attached hydrogens (tertiary/aromatic N) is 1. The number of ether oxygens (including phenoxy) is 1. The minimum atomic E-state index is -1.22. The van der Waals surface area contributed by atoms with Gasteiger partial charge in [0.15, 0.2) is 0 Å². The van der Waals surface area contributed by atoms with Gasteiger partial charge in [-0.3, -0.25) is 9.59 Å². The Labute approximate surface area is 79.4 Å². The fourth-order valence-corrected chi connectivity index (χ4v) is 0.557. The molecule has 0 N–H and O–H groups in total. The van der Waals surface area contributed by atoms with Crippen molar-refractivity contribution in [2.24, 2.45) is 0 Å². The molecule has 78 valence electrons. The number of rotatable bonds is 6. The first kappa shape index (κ1) is 12.1. The van der Waals surface area contributed by atoms with E-state index in [9.17, 15) is 19.7 Å². The largest absolute Gasteiger partial charge is 0.461 e. The minimum Gasteiger partial charge on any atom is -0.461 e. The van der Waals surface area contributed by atoms with Crippen LogP contribution in [-0.4, -0.2) is 23.6 Å². The fourth-order valence-electron chi connectivity index (χ4n) is 0.557. The lowest BCUT2D eigenvalue weighted by Crippen LogP contribution is -2.13. The van der Waals surface area contributed by atoms with E-state index in [4.69, 9.17) is 0 Å². The maximum atomic E-state index is 10.7. The summed E-state index contributed by atoms with van der Waals surface area (Å²) in [4.78, 5) is 34.5. The molecule has 0 spiro atoms. The van der Waals surface area contributed by atoms with Gasteiger partial charge in [0, 0.05) is 6.42 Å². The first-order valence-electron chi connectivity index (χ1n) is 3.68. The molecule has 0 fully saturated rings. The monoisotopic (exact) mass is 203 g/mol. The second-order valence-electron chi connectivity index (χ2n) is 2.16. The van der Waals surface area contributed by atoms with Crippen molar-refractivity contribution in [2.45, 2.75) is 12.8 Å².